The number of ether oxygens (including phenoxy) is 1. The minimum absolute atomic E-state index is 0.218. The van der Waals surface area contributed by atoms with E-state index in [9.17, 15) is 15.0 Å². The molecule has 0 radical (unpaired) electrons. The first-order chi connectivity index (χ1) is 9.63. The highest BCUT2D eigenvalue weighted by Crippen LogP contribution is 2.30. The summed E-state index contributed by atoms with van der Waals surface area (Å²) in [6.07, 6.45) is 0. The van der Waals surface area contributed by atoms with Gasteiger partial charge in [0.1, 0.15) is 25.2 Å². The number of aromatic hydroxyl groups is 2. The monoisotopic (exact) mass is 278 g/mol. The number of fused-ring (bicyclic) bond motifs is 1. The zero-order valence-electron chi connectivity index (χ0n) is 10.9. The van der Waals surface area contributed by atoms with Crippen LogP contribution in [0.2, 0.25) is 0 Å². The Hall–Kier alpha value is -2.05. The van der Waals surface area contributed by atoms with Gasteiger partial charge in [0.05, 0.1) is 13.2 Å². The molecule has 0 spiro atoms. The maximum atomic E-state index is 11.6. The second kappa shape index (κ2) is 5.15. The second-order valence-corrected chi connectivity index (χ2v) is 4.97. The van der Waals surface area contributed by atoms with Crippen LogP contribution < -0.4 is 10.5 Å². The second-order valence-electron chi connectivity index (χ2n) is 4.97. The van der Waals surface area contributed by atoms with E-state index < -0.39 is 5.63 Å². The van der Waals surface area contributed by atoms with Gasteiger partial charge in [-0.2, -0.15) is 0 Å². The predicted molar refractivity (Wildman–Crippen MR) is 71.0 cm³/mol. The molecule has 0 unspecified atom stereocenters. The zero-order chi connectivity index (χ0) is 14.1. The van der Waals surface area contributed by atoms with E-state index in [2.05, 4.69) is 0 Å². The molecule has 20 heavy (non-hydrogen) atoms. The van der Waals surface area contributed by atoms with Gasteiger partial charge in [-0.3, -0.25) is 0 Å². The van der Waals surface area contributed by atoms with Gasteiger partial charge in [-0.25, -0.2) is 4.79 Å². The molecule has 6 nitrogen and oxygen atoms in total. The fourth-order valence-electron chi connectivity index (χ4n) is 2.50. The highest BCUT2D eigenvalue weighted by Gasteiger charge is 2.18. The maximum Gasteiger partial charge on any atom is 0.336 e. The maximum absolute atomic E-state index is 11.6. The highest BCUT2D eigenvalue weighted by molar-refractivity contribution is 5.83. The van der Waals surface area contributed by atoms with Crippen molar-refractivity contribution in [2.24, 2.45) is 0 Å². The smallest absolute Gasteiger partial charge is 0.336 e. The summed E-state index contributed by atoms with van der Waals surface area (Å²) in [7, 11) is 0. The molecule has 0 aliphatic carbocycles. The van der Waals surface area contributed by atoms with Gasteiger partial charge < -0.3 is 24.3 Å². The van der Waals surface area contributed by atoms with E-state index in [-0.39, 0.29) is 17.1 Å². The molecule has 0 amide bonds. The first-order valence-electron chi connectivity index (χ1n) is 6.53. The van der Waals surface area contributed by atoms with E-state index >= 15 is 0 Å². The Morgan fingerprint density at radius 2 is 1.80 bits per heavy atom. The van der Waals surface area contributed by atoms with Gasteiger partial charge in [0, 0.05) is 23.1 Å². The van der Waals surface area contributed by atoms with Crippen LogP contribution in [0.25, 0.3) is 11.0 Å². The third kappa shape index (κ3) is 2.48. The van der Waals surface area contributed by atoms with Crippen LogP contribution in [-0.4, -0.2) is 36.5 Å². The van der Waals surface area contributed by atoms with Gasteiger partial charge in [-0.15, -0.1) is 0 Å². The molecule has 2 heterocycles. The van der Waals surface area contributed by atoms with E-state index in [1.165, 1.54) is 23.1 Å². The van der Waals surface area contributed by atoms with Crippen LogP contribution in [0, 0.1) is 0 Å². The van der Waals surface area contributed by atoms with E-state index in [1.807, 2.05) is 0 Å². The molecular formula is C14H16NO5+. The Kier molecular flexibility index (Phi) is 3.33. The summed E-state index contributed by atoms with van der Waals surface area (Å²) in [5.41, 5.74) is 0.643. The largest absolute Gasteiger partial charge is 0.504 e. The Bertz CT molecular complexity index is 688. The van der Waals surface area contributed by atoms with Crippen molar-refractivity contribution in [1.82, 2.24) is 0 Å². The number of phenolic OH excluding ortho intramolecular Hbond substituents is 2. The van der Waals surface area contributed by atoms with Gasteiger partial charge in [-0.1, -0.05) is 0 Å². The lowest BCUT2D eigenvalue weighted by Crippen LogP contribution is -3.12. The van der Waals surface area contributed by atoms with Crippen molar-refractivity contribution in [1.29, 1.82) is 0 Å². The topological polar surface area (TPSA) is 84.3 Å². The quantitative estimate of drug-likeness (QED) is 0.515. The fraction of sp³-hybridized carbons (Fsp3) is 0.357. The lowest BCUT2D eigenvalue weighted by atomic mass is 10.1. The molecule has 6 heteroatoms. The molecule has 3 rings (SSSR count). The average Bonchev–Trinajstić information content (AvgIpc) is 2.42. The van der Waals surface area contributed by atoms with E-state index in [1.54, 1.807) is 0 Å². The first kappa shape index (κ1) is 13.0. The summed E-state index contributed by atoms with van der Waals surface area (Å²) in [5.74, 6) is -0.513. The molecule has 0 saturated carbocycles. The third-order valence-electron chi connectivity index (χ3n) is 3.57. The molecule has 3 N–H and O–H groups in total. The van der Waals surface area contributed by atoms with E-state index in [4.69, 9.17) is 9.15 Å². The van der Waals surface area contributed by atoms with Crippen molar-refractivity contribution in [2.75, 3.05) is 26.3 Å². The summed E-state index contributed by atoms with van der Waals surface area (Å²) in [6, 6.07) is 4.15. The number of rotatable bonds is 2. The molecule has 2 aromatic rings. The fourth-order valence-corrected chi connectivity index (χ4v) is 2.50. The third-order valence-corrected chi connectivity index (χ3v) is 3.57. The molecule has 1 aromatic carbocycles. The van der Waals surface area contributed by atoms with Gasteiger partial charge in [0.2, 0.25) is 0 Å². The summed E-state index contributed by atoms with van der Waals surface area (Å²) in [5, 5.41) is 19.8. The van der Waals surface area contributed by atoms with Crippen molar-refractivity contribution < 1.29 is 24.3 Å². The number of nitrogens with one attached hydrogen (secondary N) is 1. The van der Waals surface area contributed by atoms with Crippen LogP contribution in [-0.2, 0) is 11.3 Å². The molecule has 1 aromatic heterocycles. The molecule has 0 atom stereocenters. The molecule has 1 saturated heterocycles. The van der Waals surface area contributed by atoms with E-state index in [0.717, 1.165) is 18.7 Å². The van der Waals surface area contributed by atoms with Crippen molar-refractivity contribution in [3.05, 3.63) is 34.2 Å². The van der Waals surface area contributed by atoms with Crippen LogP contribution in [0.1, 0.15) is 5.56 Å². The number of hydrogen-bond donors (Lipinski definition) is 3. The first-order valence-corrected chi connectivity index (χ1v) is 6.53. The summed E-state index contributed by atoms with van der Waals surface area (Å²) >= 11 is 0. The van der Waals surface area contributed by atoms with Crippen molar-refractivity contribution >= 4 is 11.0 Å². The lowest BCUT2D eigenvalue weighted by molar-refractivity contribution is -0.921. The molecule has 1 aliphatic heterocycles. The summed E-state index contributed by atoms with van der Waals surface area (Å²) < 4.78 is 10.4. The number of morpholine rings is 1. The van der Waals surface area contributed by atoms with Crippen molar-refractivity contribution in [3.8, 4) is 11.5 Å². The Labute approximate surface area is 114 Å². The van der Waals surface area contributed by atoms with Gasteiger partial charge in [0.15, 0.2) is 11.5 Å². The van der Waals surface area contributed by atoms with Gasteiger partial charge >= 0.3 is 5.63 Å². The average molecular weight is 278 g/mol. The number of quaternary nitrogens is 1. The summed E-state index contributed by atoms with van der Waals surface area (Å²) in [4.78, 5) is 12.9. The lowest BCUT2D eigenvalue weighted by Gasteiger charge is -2.24. The highest BCUT2D eigenvalue weighted by atomic mass is 16.5. The zero-order valence-corrected chi connectivity index (χ0v) is 10.9. The minimum atomic E-state index is -0.453. The number of hydrogen-bond acceptors (Lipinski definition) is 5. The van der Waals surface area contributed by atoms with Crippen molar-refractivity contribution in [3.63, 3.8) is 0 Å². The van der Waals surface area contributed by atoms with Crippen LogP contribution in [0.3, 0.4) is 0 Å². The Morgan fingerprint density at radius 1 is 1.10 bits per heavy atom. The molecule has 1 aliphatic rings. The standard InChI is InChI=1S/C14H15NO5/c16-11-6-10-9(8-15-1-3-19-4-2-15)5-14(18)20-13(10)7-12(11)17/h5-7,16-17H,1-4,8H2/p+1. The number of phenols is 2. The molecular weight excluding hydrogens is 262 g/mol. The number of benzene rings is 1. The predicted octanol–water partition coefficient (Wildman–Crippen LogP) is -0.381. The Morgan fingerprint density at radius 3 is 2.55 bits per heavy atom. The van der Waals surface area contributed by atoms with Gasteiger partial charge in [0.25, 0.3) is 0 Å². The minimum Gasteiger partial charge on any atom is -0.504 e. The molecule has 1 fully saturated rings. The summed E-state index contributed by atoms with van der Waals surface area (Å²) in [6.45, 7) is 3.84. The van der Waals surface area contributed by atoms with Crippen LogP contribution in [0.5, 0.6) is 11.5 Å². The SMILES string of the molecule is O=c1cc(C[NH+]2CCOCC2)c2cc(O)c(O)cc2o1. The molecule has 0 bridgehead atoms. The van der Waals surface area contributed by atoms with Crippen LogP contribution in [0.15, 0.2) is 27.4 Å². The van der Waals surface area contributed by atoms with Crippen LogP contribution >= 0.6 is 0 Å². The normalized spacial score (nSPS) is 16.6. The molecule has 106 valence electrons. The van der Waals surface area contributed by atoms with E-state index in [0.29, 0.717) is 25.1 Å². The van der Waals surface area contributed by atoms with Crippen LogP contribution in [0.4, 0.5) is 0 Å². The Balaban J connectivity index is 2.04. The van der Waals surface area contributed by atoms with Gasteiger partial charge in [-0.05, 0) is 6.07 Å². The van der Waals surface area contributed by atoms with Crippen molar-refractivity contribution in [2.45, 2.75) is 6.54 Å².